The summed E-state index contributed by atoms with van der Waals surface area (Å²) in [4.78, 5) is 14.0. The number of likely N-dealkylation sites (tertiary alicyclic amines) is 1. The van der Waals surface area contributed by atoms with Gasteiger partial charge in [-0.3, -0.25) is 4.79 Å². The molecule has 0 saturated carbocycles. The zero-order chi connectivity index (χ0) is 11.8. The maximum absolute atomic E-state index is 12.2. The first-order valence-corrected chi connectivity index (χ1v) is 5.94. The average molecular weight is 233 g/mol. The number of benzene rings is 1. The second-order valence-electron chi connectivity index (χ2n) is 4.62. The number of rotatable bonds is 1. The second-order valence-corrected chi connectivity index (χ2v) is 4.62. The van der Waals surface area contributed by atoms with E-state index in [1.54, 1.807) is 4.90 Å². The van der Waals surface area contributed by atoms with Crippen LogP contribution in [0.2, 0.25) is 0 Å². The number of aliphatic hydroxyl groups excluding tert-OH is 1. The van der Waals surface area contributed by atoms with E-state index in [0.29, 0.717) is 19.7 Å². The molecule has 1 atom stereocenters. The van der Waals surface area contributed by atoms with Crippen molar-refractivity contribution in [2.45, 2.75) is 18.4 Å². The highest BCUT2D eigenvalue weighted by Crippen LogP contribution is 2.35. The lowest BCUT2D eigenvalue weighted by molar-refractivity contribution is -0.143. The maximum Gasteiger partial charge on any atom is 0.230 e. The van der Waals surface area contributed by atoms with E-state index in [2.05, 4.69) is 0 Å². The molecule has 1 aromatic carbocycles. The van der Waals surface area contributed by atoms with Crippen LogP contribution in [-0.2, 0) is 4.79 Å². The van der Waals surface area contributed by atoms with Crippen molar-refractivity contribution in [1.82, 2.24) is 4.90 Å². The number of hydrogen-bond acceptors (Lipinski definition) is 3. The summed E-state index contributed by atoms with van der Waals surface area (Å²) >= 11 is 0. The van der Waals surface area contributed by atoms with Crippen LogP contribution in [-0.4, -0.2) is 41.7 Å². The molecule has 2 aliphatic rings. The van der Waals surface area contributed by atoms with Gasteiger partial charge in [0.05, 0.1) is 18.6 Å². The molecule has 0 bridgehead atoms. The Balaban J connectivity index is 1.83. The van der Waals surface area contributed by atoms with Gasteiger partial charge in [0.25, 0.3) is 0 Å². The van der Waals surface area contributed by atoms with Crippen molar-refractivity contribution < 1.29 is 14.6 Å². The Hall–Kier alpha value is -1.55. The molecule has 0 aromatic heterocycles. The third kappa shape index (κ3) is 1.78. The highest BCUT2D eigenvalue weighted by Gasteiger charge is 2.36. The number of β-amino-alcohol motifs (C(OH)–C–C–N with tert-alkyl or cyclic N) is 1. The number of ether oxygens (including phenoxy) is 1. The number of para-hydroxylation sites is 1. The molecule has 1 N–H and O–H groups in total. The van der Waals surface area contributed by atoms with Crippen molar-refractivity contribution in [2.75, 3.05) is 19.7 Å². The first-order chi connectivity index (χ1) is 8.25. The Morgan fingerprint density at radius 1 is 1.35 bits per heavy atom. The highest BCUT2D eigenvalue weighted by molar-refractivity contribution is 5.85. The molecule has 1 saturated heterocycles. The van der Waals surface area contributed by atoms with E-state index in [9.17, 15) is 9.90 Å². The quantitative estimate of drug-likeness (QED) is 0.779. The van der Waals surface area contributed by atoms with Crippen LogP contribution in [0.5, 0.6) is 5.75 Å². The lowest BCUT2D eigenvalue weighted by Gasteiger charge is -2.39. The summed E-state index contributed by atoms with van der Waals surface area (Å²) in [5.74, 6) is 0.830. The number of amides is 1. The van der Waals surface area contributed by atoms with Crippen LogP contribution in [0.25, 0.3) is 0 Å². The minimum absolute atomic E-state index is 0.104. The van der Waals surface area contributed by atoms with Gasteiger partial charge in [0.15, 0.2) is 0 Å². The SMILES string of the molecule is O=C(C1CCOc2ccccc21)N1CC(O)C1. The van der Waals surface area contributed by atoms with Gasteiger partial charge in [-0.15, -0.1) is 0 Å². The van der Waals surface area contributed by atoms with E-state index in [1.165, 1.54) is 0 Å². The normalized spacial score (nSPS) is 23.6. The van der Waals surface area contributed by atoms with Gasteiger partial charge in [0.2, 0.25) is 5.91 Å². The van der Waals surface area contributed by atoms with Gasteiger partial charge >= 0.3 is 0 Å². The molecular formula is C13H15NO3. The number of nitrogens with zero attached hydrogens (tertiary/aromatic N) is 1. The lowest BCUT2D eigenvalue weighted by Crippen LogP contribution is -2.55. The number of hydrogen-bond donors (Lipinski definition) is 1. The molecule has 2 heterocycles. The number of carbonyl (C=O) groups is 1. The molecular weight excluding hydrogens is 218 g/mol. The van der Waals surface area contributed by atoms with Crippen molar-refractivity contribution in [3.63, 3.8) is 0 Å². The summed E-state index contributed by atoms with van der Waals surface area (Å²) in [6.07, 6.45) is 0.386. The predicted molar refractivity (Wildman–Crippen MR) is 61.9 cm³/mol. The summed E-state index contributed by atoms with van der Waals surface area (Å²) in [7, 11) is 0. The first kappa shape index (κ1) is 10.6. The van der Waals surface area contributed by atoms with E-state index in [4.69, 9.17) is 4.74 Å². The Labute approximate surface area is 99.8 Å². The number of aliphatic hydroxyl groups is 1. The van der Waals surface area contributed by atoms with Gasteiger partial charge in [0.1, 0.15) is 5.75 Å². The van der Waals surface area contributed by atoms with Crippen LogP contribution in [0, 0.1) is 0 Å². The van der Waals surface area contributed by atoms with Crippen LogP contribution in [0.4, 0.5) is 0 Å². The van der Waals surface area contributed by atoms with Gasteiger partial charge in [-0.05, 0) is 12.5 Å². The average Bonchev–Trinajstić information content (AvgIpc) is 2.33. The zero-order valence-corrected chi connectivity index (χ0v) is 9.50. The zero-order valence-electron chi connectivity index (χ0n) is 9.50. The summed E-state index contributed by atoms with van der Waals surface area (Å²) in [6, 6.07) is 7.70. The van der Waals surface area contributed by atoms with E-state index in [-0.39, 0.29) is 17.9 Å². The largest absolute Gasteiger partial charge is 0.493 e. The predicted octanol–water partition coefficient (Wildman–Crippen LogP) is 0.756. The molecule has 0 spiro atoms. The molecule has 4 heteroatoms. The fourth-order valence-electron chi connectivity index (χ4n) is 2.45. The Bertz CT molecular complexity index is 440. The van der Waals surface area contributed by atoms with E-state index in [1.807, 2.05) is 24.3 Å². The maximum atomic E-state index is 12.2. The monoisotopic (exact) mass is 233 g/mol. The van der Waals surface area contributed by atoms with Crippen LogP contribution >= 0.6 is 0 Å². The second kappa shape index (κ2) is 4.04. The van der Waals surface area contributed by atoms with Crippen molar-refractivity contribution >= 4 is 5.91 Å². The molecule has 17 heavy (non-hydrogen) atoms. The molecule has 1 amide bonds. The number of fused-ring (bicyclic) bond motifs is 1. The summed E-state index contributed by atoms with van der Waals surface area (Å²) in [5, 5.41) is 9.24. The van der Waals surface area contributed by atoms with Crippen molar-refractivity contribution in [3.8, 4) is 5.75 Å². The molecule has 3 rings (SSSR count). The summed E-state index contributed by atoms with van der Waals surface area (Å²) < 4.78 is 5.54. The molecule has 0 aliphatic carbocycles. The van der Waals surface area contributed by atoms with Gasteiger partial charge in [0, 0.05) is 18.7 Å². The Morgan fingerprint density at radius 2 is 2.12 bits per heavy atom. The van der Waals surface area contributed by atoms with Crippen LogP contribution < -0.4 is 4.74 Å². The molecule has 4 nitrogen and oxygen atoms in total. The fraction of sp³-hybridized carbons (Fsp3) is 0.462. The minimum atomic E-state index is -0.339. The van der Waals surface area contributed by atoms with Crippen molar-refractivity contribution in [3.05, 3.63) is 29.8 Å². The highest BCUT2D eigenvalue weighted by atomic mass is 16.5. The van der Waals surface area contributed by atoms with Crippen molar-refractivity contribution in [2.24, 2.45) is 0 Å². The van der Waals surface area contributed by atoms with E-state index in [0.717, 1.165) is 17.7 Å². The van der Waals surface area contributed by atoms with E-state index < -0.39 is 0 Å². The first-order valence-electron chi connectivity index (χ1n) is 5.94. The molecule has 0 radical (unpaired) electrons. The molecule has 2 aliphatic heterocycles. The van der Waals surface area contributed by atoms with Crippen LogP contribution in [0.3, 0.4) is 0 Å². The van der Waals surface area contributed by atoms with Crippen molar-refractivity contribution in [1.29, 1.82) is 0 Å². The minimum Gasteiger partial charge on any atom is -0.493 e. The summed E-state index contributed by atoms with van der Waals surface area (Å²) in [5.41, 5.74) is 0.977. The Kier molecular flexibility index (Phi) is 2.52. The summed E-state index contributed by atoms with van der Waals surface area (Å²) in [6.45, 7) is 1.53. The molecule has 1 aromatic rings. The standard InChI is InChI=1S/C13H15NO3/c15-9-7-14(8-9)13(16)11-5-6-17-12-4-2-1-3-10(11)12/h1-4,9,11,15H,5-8H2. The fourth-order valence-corrected chi connectivity index (χ4v) is 2.45. The van der Waals surface area contributed by atoms with E-state index >= 15 is 0 Å². The topological polar surface area (TPSA) is 49.8 Å². The lowest BCUT2D eigenvalue weighted by atomic mass is 9.90. The third-order valence-corrected chi connectivity index (χ3v) is 3.43. The molecule has 1 unspecified atom stereocenters. The smallest absolute Gasteiger partial charge is 0.230 e. The van der Waals surface area contributed by atoms with Gasteiger partial charge in [-0.25, -0.2) is 0 Å². The van der Waals surface area contributed by atoms with Gasteiger partial charge in [-0.1, -0.05) is 18.2 Å². The molecule has 90 valence electrons. The van der Waals surface area contributed by atoms with Gasteiger partial charge in [-0.2, -0.15) is 0 Å². The van der Waals surface area contributed by atoms with Gasteiger partial charge < -0.3 is 14.7 Å². The number of carbonyl (C=O) groups excluding carboxylic acids is 1. The Morgan fingerprint density at radius 3 is 2.88 bits per heavy atom. The van der Waals surface area contributed by atoms with Crippen LogP contribution in [0.1, 0.15) is 17.9 Å². The van der Waals surface area contributed by atoms with Crippen LogP contribution in [0.15, 0.2) is 24.3 Å². The third-order valence-electron chi connectivity index (χ3n) is 3.43. The molecule has 1 fully saturated rings.